The second-order valence-electron chi connectivity index (χ2n) is 8.92. The number of carboxylic acid groups (broad SMARTS) is 1. The molecule has 0 spiro atoms. The summed E-state index contributed by atoms with van der Waals surface area (Å²) < 4.78 is 31.5. The zero-order valence-corrected chi connectivity index (χ0v) is 26.3. The van der Waals surface area contributed by atoms with Crippen molar-refractivity contribution in [3.8, 4) is 0 Å². The summed E-state index contributed by atoms with van der Waals surface area (Å²) >= 11 is 1.14. The summed E-state index contributed by atoms with van der Waals surface area (Å²) in [4.78, 5) is 76.6. The number of carbonyl (C=O) groups excluding carboxylic acids is 6. The van der Waals surface area contributed by atoms with Crippen molar-refractivity contribution >= 4 is 57.8 Å². The molecule has 3 aliphatic rings. The molecule has 1 unspecified atom stereocenters. The molecule has 3 N–H and O–H groups in total. The molecule has 3 atom stereocenters. The van der Waals surface area contributed by atoms with Gasteiger partial charge in [0, 0.05) is 25.3 Å². The normalized spacial score (nSPS) is 20.7. The number of amides is 6. The summed E-state index contributed by atoms with van der Waals surface area (Å²) in [6, 6.07) is 3.18. The van der Waals surface area contributed by atoms with Gasteiger partial charge in [-0.2, -0.15) is 8.42 Å². The number of esters is 1. The van der Waals surface area contributed by atoms with E-state index in [1.165, 1.54) is 12.1 Å². The van der Waals surface area contributed by atoms with Gasteiger partial charge >= 0.3 is 57.8 Å². The number of carbonyl (C=O) groups is 6. The third-order valence-electron chi connectivity index (χ3n) is 6.42. The van der Waals surface area contributed by atoms with E-state index in [0.717, 1.165) is 30.6 Å². The predicted molar refractivity (Wildman–Crippen MR) is 138 cm³/mol. The van der Waals surface area contributed by atoms with Crippen LogP contribution in [0.3, 0.4) is 0 Å². The molecule has 3 aliphatic heterocycles. The van der Waals surface area contributed by atoms with E-state index in [4.69, 9.17) is 4.74 Å². The SMILES string of the molecule is CNS(=O)(=O)N1CCN(C(=O)N[C@@H](C(=O)NC2C(=O)N3C(C(=O)[O-])=C(COC(C)=O)CS[C@H]23)c2ccccc2)C1=O.[Na+]. The Hall–Kier alpha value is -3.16. The van der Waals surface area contributed by atoms with Crippen molar-refractivity contribution in [2.45, 2.75) is 24.4 Å². The first kappa shape index (κ1) is 33.3. The third-order valence-corrected chi connectivity index (χ3v) is 9.19. The van der Waals surface area contributed by atoms with Crippen molar-refractivity contribution in [2.75, 3.05) is 32.5 Å². The van der Waals surface area contributed by atoms with Crippen LogP contribution in [0.1, 0.15) is 18.5 Å². The van der Waals surface area contributed by atoms with Crippen LogP contribution in [-0.2, 0) is 34.1 Å². The first-order valence-corrected chi connectivity index (χ1v) is 14.6. The van der Waals surface area contributed by atoms with Crippen LogP contribution in [0.15, 0.2) is 41.6 Å². The second kappa shape index (κ2) is 13.4. The molecule has 2 fully saturated rings. The van der Waals surface area contributed by atoms with Gasteiger partial charge in [0.15, 0.2) is 0 Å². The Labute approximate surface area is 266 Å². The van der Waals surface area contributed by atoms with Crippen LogP contribution in [0.4, 0.5) is 9.59 Å². The summed E-state index contributed by atoms with van der Waals surface area (Å²) in [5.41, 5.74) is 0.0225. The average Bonchev–Trinajstić information content (AvgIpc) is 3.35. The number of hydrogen-bond donors (Lipinski definition) is 3. The number of fused-ring (bicyclic) bond motifs is 1. The van der Waals surface area contributed by atoms with Crippen LogP contribution in [0, 0.1) is 0 Å². The number of β-lactam (4-membered cyclic amide) rings is 1. The fourth-order valence-electron chi connectivity index (χ4n) is 4.39. The summed E-state index contributed by atoms with van der Waals surface area (Å²) in [7, 11) is -3.04. The fraction of sp³-hybridized carbons (Fsp3) is 0.391. The van der Waals surface area contributed by atoms with E-state index in [1.807, 2.05) is 4.72 Å². The third kappa shape index (κ3) is 6.57. The minimum Gasteiger partial charge on any atom is -0.543 e. The Morgan fingerprint density at radius 1 is 1.14 bits per heavy atom. The van der Waals surface area contributed by atoms with Gasteiger partial charge in [0.2, 0.25) is 5.91 Å². The quantitative estimate of drug-likeness (QED) is 0.133. The van der Waals surface area contributed by atoms with E-state index in [-0.39, 0.29) is 60.6 Å². The molecular formula is C23H25N6NaO10S2. The van der Waals surface area contributed by atoms with Crippen molar-refractivity contribution in [2.24, 2.45) is 0 Å². The molecule has 1 aromatic carbocycles. The molecule has 2 saturated heterocycles. The molecule has 0 radical (unpaired) electrons. The Kier molecular flexibility index (Phi) is 10.7. The van der Waals surface area contributed by atoms with Gasteiger partial charge in [-0.15, -0.1) is 11.8 Å². The Bertz CT molecular complexity index is 1440. The van der Waals surface area contributed by atoms with E-state index in [2.05, 4.69) is 10.6 Å². The molecule has 0 saturated carbocycles. The van der Waals surface area contributed by atoms with E-state index in [9.17, 15) is 42.3 Å². The maximum atomic E-state index is 13.4. The van der Waals surface area contributed by atoms with Crippen molar-refractivity contribution in [1.29, 1.82) is 0 Å². The second-order valence-corrected chi connectivity index (χ2v) is 11.8. The van der Waals surface area contributed by atoms with Crippen LogP contribution in [0.25, 0.3) is 0 Å². The molecule has 0 aromatic heterocycles. The molecule has 6 amide bonds. The number of hydrogen-bond acceptors (Lipinski definition) is 11. The summed E-state index contributed by atoms with van der Waals surface area (Å²) in [5.74, 6) is -3.78. The van der Waals surface area contributed by atoms with Crippen molar-refractivity contribution in [3.63, 3.8) is 0 Å². The topological polar surface area (TPSA) is 215 Å². The standard InChI is InChI=1S/C23H26N6O10S2.Na/c1-12(30)39-10-14-11-40-20-16(19(32)29(20)17(14)21(33)34)25-18(31)15(13-6-4-3-5-7-13)26-22(35)27-8-9-28(23(27)36)41(37,38)24-2;/h3-7,15-16,20,24H,8-11H2,1-2H3,(H,25,31)(H,26,35)(H,33,34);/q;+1/p-1/t15-,16?,20-;/m1./s1. The molecule has 0 bridgehead atoms. The fourth-order valence-corrected chi connectivity index (χ4v) is 6.57. The number of urea groups is 2. The summed E-state index contributed by atoms with van der Waals surface area (Å²) in [5, 5.41) is 16.0. The molecule has 0 aliphatic carbocycles. The first-order valence-electron chi connectivity index (χ1n) is 12.1. The molecule has 19 heteroatoms. The molecule has 1 aromatic rings. The maximum Gasteiger partial charge on any atom is 1.00 e. The van der Waals surface area contributed by atoms with E-state index < -0.39 is 69.2 Å². The van der Waals surface area contributed by atoms with Crippen LogP contribution in [0.2, 0.25) is 0 Å². The first-order chi connectivity index (χ1) is 19.4. The number of benzene rings is 1. The molecule has 220 valence electrons. The number of ether oxygens (including phenoxy) is 1. The number of imide groups is 1. The van der Waals surface area contributed by atoms with Crippen molar-refractivity contribution < 1.29 is 76.6 Å². The molecule has 3 heterocycles. The van der Waals surface area contributed by atoms with E-state index in [1.54, 1.807) is 18.2 Å². The molecule has 4 rings (SSSR count). The Balaban J connectivity index is 0.00000484. The zero-order chi connectivity index (χ0) is 30.1. The number of nitrogens with one attached hydrogen (secondary N) is 3. The van der Waals surface area contributed by atoms with E-state index >= 15 is 0 Å². The molecule has 16 nitrogen and oxygen atoms in total. The maximum absolute atomic E-state index is 13.4. The molecular weight excluding hydrogens is 607 g/mol. The average molecular weight is 633 g/mol. The number of nitrogens with zero attached hydrogens (tertiary/aromatic N) is 3. The van der Waals surface area contributed by atoms with Gasteiger partial charge in [-0.3, -0.25) is 19.3 Å². The van der Waals surface area contributed by atoms with Crippen molar-refractivity contribution in [1.82, 2.24) is 29.5 Å². The van der Waals surface area contributed by atoms with Crippen molar-refractivity contribution in [3.05, 3.63) is 47.2 Å². The van der Waals surface area contributed by atoms with Gasteiger partial charge in [-0.1, -0.05) is 30.3 Å². The van der Waals surface area contributed by atoms with Crippen LogP contribution in [-0.4, -0.2) is 102 Å². The number of carboxylic acids is 1. The predicted octanol–water partition coefficient (Wildman–Crippen LogP) is -5.39. The Morgan fingerprint density at radius 2 is 1.81 bits per heavy atom. The van der Waals surface area contributed by atoms with Gasteiger partial charge in [0.25, 0.3) is 5.91 Å². The van der Waals surface area contributed by atoms with Gasteiger partial charge < -0.3 is 25.3 Å². The monoisotopic (exact) mass is 632 g/mol. The van der Waals surface area contributed by atoms with Gasteiger partial charge in [-0.05, 0) is 5.56 Å². The summed E-state index contributed by atoms with van der Waals surface area (Å²) in [6.07, 6.45) is 0. The van der Waals surface area contributed by atoms with Gasteiger partial charge in [0.1, 0.15) is 24.1 Å². The number of aliphatic carboxylic acids is 1. The smallest absolute Gasteiger partial charge is 0.543 e. The minimum atomic E-state index is -4.15. The van der Waals surface area contributed by atoms with Gasteiger partial charge in [0.05, 0.1) is 24.8 Å². The number of thioether (sulfide) groups is 1. The van der Waals surface area contributed by atoms with Gasteiger partial charge in [-0.25, -0.2) is 23.5 Å². The molecule has 42 heavy (non-hydrogen) atoms. The van der Waals surface area contributed by atoms with Crippen LogP contribution < -0.4 is 50.0 Å². The Morgan fingerprint density at radius 3 is 2.40 bits per heavy atom. The largest absolute Gasteiger partial charge is 1.00 e. The summed E-state index contributed by atoms with van der Waals surface area (Å²) in [6.45, 7) is 0.248. The minimum absolute atomic E-state index is 0. The van der Waals surface area contributed by atoms with Crippen LogP contribution >= 0.6 is 11.8 Å². The van der Waals surface area contributed by atoms with E-state index in [0.29, 0.717) is 14.8 Å². The number of rotatable bonds is 9. The zero-order valence-electron chi connectivity index (χ0n) is 22.7. The van der Waals surface area contributed by atoms with Crippen LogP contribution in [0.5, 0.6) is 0 Å².